The summed E-state index contributed by atoms with van der Waals surface area (Å²) >= 11 is 3.43. The van der Waals surface area contributed by atoms with Gasteiger partial charge in [0, 0.05) is 5.56 Å². The first-order valence-corrected chi connectivity index (χ1v) is 5.21. The molecular weight excluding hydrogens is 240 g/mol. The average Bonchev–Trinajstić information content (AvgIpc) is 3.00. The molecule has 0 fully saturated rings. The third-order valence-corrected chi connectivity index (χ3v) is 2.94. The molecule has 68 valence electrons. The van der Waals surface area contributed by atoms with Crippen molar-refractivity contribution in [1.82, 2.24) is 0 Å². The van der Waals surface area contributed by atoms with Gasteiger partial charge in [0.15, 0.2) is 11.5 Å². The minimum atomic E-state index is 0.978. The molecule has 0 saturated heterocycles. The summed E-state index contributed by atoms with van der Waals surface area (Å²) in [7, 11) is 0. The van der Waals surface area contributed by atoms with Crippen LogP contribution in [0.25, 0.3) is 11.1 Å². The lowest BCUT2D eigenvalue weighted by molar-refractivity contribution is 0.648. The maximum Gasteiger partial charge on any atom is 0.184 e. The zero-order valence-corrected chi connectivity index (χ0v) is 8.91. The first kappa shape index (κ1) is 8.06. The van der Waals surface area contributed by atoms with Crippen LogP contribution in [0.15, 0.2) is 46.9 Å². The molecule has 14 heavy (non-hydrogen) atoms. The highest BCUT2D eigenvalue weighted by molar-refractivity contribution is 9.10. The topological polar surface area (TPSA) is 12.5 Å². The molecule has 0 aromatic heterocycles. The van der Waals surface area contributed by atoms with E-state index in [-0.39, 0.29) is 0 Å². The van der Waals surface area contributed by atoms with E-state index in [0.717, 1.165) is 16.0 Å². The highest BCUT2D eigenvalue weighted by atomic mass is 79.9. The molecule has 0 unspecified atom stereocenters. The van der Waals surface area contributed by atoms with Gasteiger partial charge in [0.05, 0.1) is 4.47 Å². The lowest BCUT2D eigenvalue weighted by atomic mass is 10.1. The Kier molecular flexibility index (Phi) is 1.64. The van der Waals surface area contributed by atoms with Gasteiger partial charge in [-0.1, -0.05) is 30.3 Å². The van der Waals surface area contributed by atoms with E-state index in [9.17, 15) is 0 Å². The first-order chi connectivity index (χ1) is 6.86. The van der Waals surface area contributed by atoms with E-state index in [2.05, 4.69) is 34.1 Å². The van der Waals surface area contributed by atoms with Crippen LogP contribution < -0.4 is 4.74 Å². The second-order valence-corrected chi connectivity index (χ2v) is 4.08. The predicted molar refractivity (Wildman–Crippen MR) is 59.7 cm³/mol. The molecule has 0 spiro atoms. The van der Waals surface area contributed by atoms with E-state index in [0.29, 0.717) is 0 Å². The van der Waals surface area contributed by atoms with Crippen molar-refractivity contribution in [3.05, 3.63) is 46.9 Å². The molecule has 2 aromatic carbocycles. The summed E-state index contributed by atoms with van der Waals surface area (Å²) in [4.78, 5) is 0. The van der Waals surface area contributed by atoms with Crippen molar-refractivity contribution in [1.29, 1.82) is 0 Å². The minimum absolute atomic E-state index is 0.978. The number of fused-ring (bicyclic) bond motifs is 1. The van der Waals surface area contributed by atoms with Crippen molar-refractivity contribution in [3.63, 3.8) is 0 Å². The van der Waals surface area contributed by atoms with Gasteiger partial charge in [-0.3, -0.25) is 0 Å². The van der Waals surface area contributed by atoms with Crippen LogP contribution >= 0.6 is 15.9 Å². The third kappa shape index (κ3) is 1.15. The Morgan fingerprint density at radius 3 is 2.43 bits per heavy atom. The van der Waals surface area contributed by atoms with Crippen LogP contribution in [0.1, 0.15) is 0 Å². The molecule has 1 aliphatic heterocycles. The van der Waals surface area contributed by atoms with Crippen molar-refractivity contribution in [2.75, 3.05) is 0 Å². The molecular formula is C12H7BrO. The van der Waals surface area contributed by atoms with Crippen molar-refractivity contribution in [2.45, 2.75) is 0 Å². The SMILES string of the molecule is Brc1ccc(-c2ccccc2)c2c1O2. The number of rotatable bonds is 1. The van der Waals surface area contributed by atoms with Crippen LogP contribution in [0.2, 0.25) is 0 Å². The summed E-state index contributed by atoms with van der Waals surface area (Å²) in [6.45, 7) is 0. The van der Waals surface area contributed by atoms with Gasteiger partial charge < -0.3 is 4.74 Å². The average molecular weight is 247 g/mol. The molecule has 0 saturated carbocycles. The van der Waals surface area contributed by atoms with Crippen molar-refractivity contribution in [3.8, 4) is 22.6 Å². The highest BCUT2D eigenvalue weighted by Gasteiger charge is 2.28. The maximum atomic E-state index is 5.41. The molecule has 2 heteroatoms. The number of hydrogen-bond acceptors (Lipinski definition) is 1. The van der Waals surface area contributed by atoms with Gasteiger partial charge in [0.2, 0.25) is 0 Å². The molecule has 0 N–H and O–H groups in total. The Morgan fingerprint density at radius 2 is 1.64 bits per heavy atom. The van der Waals surface area contributed by atoms with Gasteiger partial charge in [0.25, 0.3) is 0 Å². The molecule has 0 atom stereocenters. The second kappa shape index (κ2) is 2.85. The van der Waals surface area contributed by atoms with E-state index in [4.69, 9.17) is 4.74 Å². The van der Waals surface area contributed by atoms with E-state index in [1.807, 2.05) is 24.3 Å². The highest BCUT2D eigenvalue weighted by Crippen LogP contribution is 2.56. The van der Waals surface area contributed by atoms with E-state index < -0.39 is 0 Å². The van der Waals surface area contributed by atoms with Crippen molar-refractivity contribution < 1.29 is 4.74 Å². The minimum Gasteiger partial charge on any atom is -0.448 e. The lowest BCUT2D eigenvalue weighted by Crippen LogP contribution is -1.72. The summed E-state index contributed by atoms with van der Waals surface area (Å²) in [5.74, 6) is 1.98. The van der Waals surface area contributed by atoms with Gasteiger partial charge in [-0.05, 0) is 33.6 Å². The van der Waals surface area contributed by atoms with E-state index in [1.165, 1.54) is 11.1 Å². The van der Waals surface area contributed by atoms with Crippen molar-refractivity contribution >= 4 is 15.9 Å². The van der Waals surface area contributed by atoms with E-state index in [1.54, 1.807) is 0 Å². The lowest BCUT2D eigenvalue weighted by Gasteiger charge is -1.96. The number of benzene rings is 2. The van der Waals surface area contributed by atoms with Crippen molar-refractivity contribution in [2.24, 2.45) is 0 Å². The number of halogens is 1. The fraction of sp³-hybridized carbons (Fsp3) is 0. The second-order valence-electron chi connectivity index (χ2n) is 3.22. The Bertz CT molecular complexity index is 491. The third-order valence-electron chi connectivity index (χ3n) is 2.31. The quantitative estimate of drug-likeness (QED) is 0.586. The largest absolute Gasteiger partial charge is 0.448 e. The standard InChI is InChI=1S/C12H7BrO/c13-10-7-6-9(11-12(10)14-11)8-4-2-1-3-5-8/h1-7H. The molecule has 1 heterocycles. The fourth-order valence-electron chi connectivity index (χ4n) is 1.56. The number of ether oxygens (including phenoxy) is 1. The van der Waals surface area contributed by atoms with Crippen LogP contribution in [0.3, 0.4) is 0 Å². The fourth-order valence-corrected chi connectivity index (χ4v) is 1.96. The molecule has 0 aliphatic carbocycles. The summed E-state index contributed by atoms with van der Waals surface area (Å²) < 4.78 is 6.44. The van der Waals surface area contributed by atoms with Crippen LogP contribution in [0.5, 0.6) is 11.5 Å². The Labute approximate surface area is 90.5 Å². The predicted octanol–water partition coefficient (Wildman–Crippen LogP) is 4.22. The molecule has 1 aliphatic rings. The molecule has 2 aromatic rings. The Balaban J connectivity index is 2.16. The molecule has 3 rings (SSSR count). The molecule has 0 radical (unpaired) electrons. The summed E-state index contributed by atoms with van der Waals surface area (Å²) in [6, 6.07) is 14.4. The van der Waals surface area contributed by atoms with Crippen LogP contribution in [0.4, 0.5) is 0 Å². The zero-order chi connectivity index (χ0) is 9.54. The normalized spacial score (nSPS) is 11.8. The molecule has 1 nitrogen and oxygen atoms in total. The summed E-state index contributed by atoms with van der Waals surface area (Å²) in [5.41, 5.74) is 2.37. The van der Waals surface area contributed by atoms with Gasteiger partial charge in [-0.25, -0.2) is 0 Å². The molecule has 0 amide bonds. The van der Waals surface area contributed by atoms with E-state index >= 15 is 0 Å². The smallest absolute Gasteiger partial charge is 0.184 e. The van der Waals surface area contributed by atoms with Gasteiger partial charge in [0.1, 0.15) is 0 Å². The maximum absolute atomic E-state index is 5.41. The zero-order valence-electron chi connectivity index (χ0n) is 7.33. The Morgan fingerprint density at radius 1 is 0.857 bits per heavy atom. The van der Waals surface area contributed by atoms with Gasteiger partial charge >= 0.3 is 0 Å². The summed E-state index contributed by atoms with van der Waals surface area (Å²) in [6.07, 6.45) is 0. The monoisotopic (exact) mass is 246 g/mol. The summed E-state index contributed by atoms with van der Waals surface area (Å²) in [5, 5.41) is 0. The number of hydrogen-bond donors (Lipinski definition) is 0. The van der Waals surface area contributed by atoms with Crippen LogP contribution in [-0.2, 0) is 0 Å². The van der Waals surface area contributed by atoms with Gasteiger partial charge in [-0.2, -0.15) is 0 Å². The van der Waals surface area contributed by atoms with Gasteiger partial charge in [-0.15, -0.1) is 0 Å². The molecule has 0 bridgehead atoms. The Hall–Kier alpha value is -1.28. The first-order valence-electron chi connectivity index (χ1n) is 4.42. The van der Waals surface area contributed by atoms with Crippen LogP contribution in [0, 0.1) is 0 Å². The van der Waals surface area contributed by atoms with Crippen LogP contribution in [-0.4, -0.2) is 0 Å².